The van der Waals surface area contributed by atoms with Gasteiger partial charge >= 0.3 is 0 Å². The third-order valence-corrected chi connectivity index (χ3v) is 5.64. The van der Waals surface area contributed by atoms with Crippen molar-refractivity contribution in [2.75, 3.05) is 13.1 Å². The molecular weight excluding hydrogens is 256 g/mol. The minimum Gasteiger partial charge on any atom is -0.312 e. The molecule has 1 aromatic carbocycles. The first-order chi connectivity index (χ1) is 10.4. The smallest absolute Gasteiger partial charge is 0.0252 e. The maximum atomic E-state index is 3.73. The minimum atomic E-state index is 0.746. The molecular formula is C19H28N2. The van der Waals surface area contributed by atoms with Crippen molar-refractivity contribution in [1.82, 2.24) is 10.2 Å². The predicted molar refractivity (Wildman–Crippen MR) is 87.5 cm³/mol. The molecule has 2 nitrogen and oxygen atoms in total. The van der Waals surface area contributed by atoms with Crippen molar-refractivity contribution in [2.45, 2.75) is 69.5 Å². The highest BCUT2D eigenvalue weighted by Crippen LogP contribution is 2.40. The van der Waals surface area contributed by atoms with Gasteiger partial charge in [0.05, 0.1) is 0 Å². The van der Waals surface area contributed by atoms with Gasteiger partial charge in [0.15, 0.2) is 0 Å². The maximum Gasteiger partial charge on any atom is 0.0252 e. The van der Waals surface area contributed by atoms with Crippen molar-refractivity contribution in [3.63, 3.8) is 0 Å². The Balaban J connectivity index is 1.43. The molecule has 4 rings (SSSR count). The molecule has 0 aromatic heterocycles. The Labute approximate surface area is 128 Å². The van der Waals surface area contributed by atoms with Gasteiger partial charge in [0, 0.05) is 18.6 Å². The molecule has 2 atom stereocenters. The van der Waals surface area contributed by atoms with E-state index in [1.165, 1.54) is 63.6 Å². The molecule has 1 aromatic rings. The zero-order chi connectivity index (χ0) is 14.1. The largest absolute Gasteiger partial charge is 0.312 e. The number of nitrogens with zero attached hydrogens (tertiary/aromatic N) is 1. The van der Waals surface area contributed by atoms with Crippen molar-refractivity contribution in [3.05, 3.63) is 35.4 Å². The molecule has 0 bridgehead atoms. The van der Waals surface area contributed by atoms with Crippen molar-refractivity contribution >= 4 is 0 Å². The molecule has 1 aliphatic carbocycles. The molecule has 21 heavy (non-hydrogen) atoms. The van der Waals surface area contributed by atoms with Crippen LogP contribution in [0.3, 0.4) is 0 Å². The van der Waals surface area contributed by atoms with Crippen LogP contribution < -0.4 is 5.32 Å². The number of hydrogen-bond donors (Lipinski definition) is 1. The van der Waals surface area contributed by atoms with Gasteiger partial charge in [-0.2, -0.15) is 0 Å². The molecule has 1 saturated carbocycles. The summed E-state index contributed by atoms with van der Waals surface area (Å²) in [6.07, 6.45) is 9.73. The van der Waals surface area contributed by atoms with Gasteiger partial charge in [-0.25, -0.2) is 0 Å². The fourth-order valence-electron chi connectivity index (χ4n) is 4.26. The van der Waals surface area contributed by atoms with E-state index in [1.54, 1.807) is 5.56 Å². The predicted octanol–water partition coefficient (Wildman–Crippen LogP) is 3.67. The lowest BCUT2D eigenvalue weighted by Gasteiger charge is -2.39. The Kier molecular flexibility index (Phi) is 4.00. The van der Waals surface area contributed by atoms with Crippen LogP contribution in [0.15, 0.2) is 24.3 Å². The van der Waals surface area contributed by atoms with Crippen LogP contribution in [0.5, 0.6) is 0 Å². The molecule has 0 radical (unpaired) electrons. The first kappa shape index (κ1) is 13.8. The van der Waals surface area contributed by atoms with Gasteiger partial charge in [0.2, 0.25) is 0 Å². The first-order valence-electron chi connectivity index (χ1n) is 8.96. The average Bonchev–Trinajstić information content (AvgIpc) is 3.23. The molecule has 2 saturated heterocycles. The van der Waals surface area contributed by atoms with Gasteiger partial charge in [0.1, 0.15) is 0 Å². The van der Waals surface area contributed by atoms with E-state index in [1.807, 2.05) is 0 Å². The van der Waals surface area contributed by atoms with Gasteiger partial charge in [0.25, 0.3) is 0 Å². The fraction of sp³-hybridized carbons (Fsp3) is 0.684. The number of piperidine rings is 1. The number of likely N-dealkylation sites (tertiary alicyclic amines) is 1. The molecule has 2 heterocycles. The zero-order valence-electron chi connectivity index (χ0n) is 13.1. The van der Waals surface area contributed by atoms with Crippen LogP contribution in [0.2, 0.25) is 0 Å². The third-order valence-electron chi connectivity index (χ3n) is 5.64. The zero-order valence-corrected chi connectivity index (χ0v) is 13.1. The summed E-state index contributed by atoms with van der Waals surface area (Å²) in [6.45, 7) is 3.66. The summed E-state index contributed by atoms with van der Waals surface area (Å²) in [7, 11) is 0. The summed E-state index contributed by atoms with van der Waals surface area (Å²) >= 11 is 0. The second kappa shape index (κ2) is 6.10. The molecule has 0 amide bonds. The summed E-state index contributed by atoms with van der Waals surface area (Å²) in [5.74, 6) is 0.879. The highest BCUT2D eigenvalue weighted by Gasteiger charge is 2.31. The van der Waals surface area contributed by atoms with Crippen LogP contribution in [0, 0.1) is 0 Å². The third kappa shape index (κ3) is 3.17. The molecule has 3 fully saturated rings. The Morgan fingerprint density at radius 2 is 1.81 bits per heavy atom. The summed E-state index contributed by atoms with van der Waals surface area (Å²) in [6, 6.07) is 11.0. The molecule has 1 N–H and O–H groups in total. The normalized spacial score (nSPS) is 30.7. The van der Waals surface area contributed by atoms with Gasteiger partial charge in [-0.15, -0.1) is 0 Å². The Bertz CT molecular complexity index is 457. The first-order valence-corrected chi connectivity index (χ1v) is 8.96. The van der Waals surface area contributed by atoms with Crippen molar-refractivity contribution in [3.8, 4) is 0 Å². The van der Waals surface area contributed by atoms with Crippen molar-refractivity contribution in [2.24, 2.45) is 0 Å². The van der Waals surface area contributed by atoms with Gasteiger partial charge in [-0.05, 0) is 68.7 Å². The van der Waals surface area contributed by atoms with Crippen LogP contribution in [-0.4, -0.2) is 30.1 Å². The number of rotatable bonds is 4. The Morgan fingerprint density at radius 1 is 0.952 bits per heavy atom. The van der Waals surface area contributed by atoms with Crippen LogP contribution in [-0.2, 0) is 6.54 Å². The van der Waals surface area contributed by atoms with Gasteiger partial charge < -0.3 is 5.32 Å². The van der Waals surface area contributed by atoms with Crippen LogP contribution in [0.25, 0.3) is 0 Å². The summed E-state index contributed by atoms with van der Waals surface area (Å²) in [5.41, 5.74) is 3.07. The van der Waals surface area contributed by atoms with E-state index in [-0.39, 0.29) is 0 Å². The van der Waals surface area contributed by atoms with Gasteiger partial charge in [-0.1, -0.05) is 30.7 Å². The van der Waals surface area contributed by atoms with Crippen molar-refractivity contribution in [1.29, 1.82) is 0 Å². The van der Waals surface area contributed by atoms with E-state index in [0.717, 1.165) is 24.5 Å². The average molecular weight is 284 g/mol. The minimum absolute atomic E-state index is 0.746. The highest BCUT2D eigenvalue weighted by molar-refractivity contribution is 5.28. The van der Waals surface area contributed by atoms with E-state index < -0.39 is 0 Å². The quantitative estimate of drug-likeness (QED) is 0.907. The molecule has 2 heteroatoms. The standard InChI is InChI=1S/C19H28N2/c1-2-13-21(19(5-1)18-4-3-12-20-18)14-15-6-8-16(9-7-15)17-10-11-17/h6-9,17-20H,1-5,10-14H2. The molecule has 3 aliphatic rings. The van der Waals surface area contributed by atoms with E-state index in [0.29, 0.717) is 0 Å². The second-order valence-electron chi connectivity index (χ2n) is 7.25. The topological polar surface area (TPSA) is 15.3 Å². The van der Waals surface area contributed by atoms with E-state index in [2.05, 4.69) is 34.5 Å². The molecule has 2 aliphatic heterocycles. The number of hydrogen-bond acceptors (Lipinski definition) is 2. The number of nitrogens with one attached hydrogen (secondary N) is 1. The Morgan fingerprint density at radius 3 is 2.52 bits per heavy atom. The number of benzene rings is 1. The summed E-state index contributed by atoms with van der Waals surface area (Å²) < 4.78 is 0. The lowest BCUT2D eigenvalue weighted by atomic mass is 9.94. The molecule has 2 unspecified atom stereocenters. The van der Waals surface area contributed by atoms with Crippen LogP contribution in [0.4, 0.5) is 0 Å². The molecule has 0 spiro atoms. The lowest BCUT2D eigenvalue weighted by Crippen LogP contribution is -2.49. The highest BCUT2D eigenvalue weighted by atomic mass is 15.2. The molecule has 114 valence electrons. The Hall–Kier alpha value is -0.860. The maximum absolute atomic E-state index is 3.73. The van der Waals surface area contributed by atoms with Crippen molar-refractivity contribution < 1.29 is 0 Å². The fourth-order valence-corrected chi connectivity index (χ4v) is 4.26. The summed E-state index contributed by atoms with van der Waals surface area (Å²) in [4.78, 5) is 2.75. The second-order valence-corrected chi connectivity index (χ2v) is 7.25. The lowest BCUT2D eigenvalue weighted by molar-refractivity contribution is 0.112. The van der Waals surface area contributed by atoms with Crippen LogP contribution in [0.1, 0.15) is 62.0 Å². The van der Waals surface area contributed by atoms with Crippen LogP contribution >= 0.6 is 0 Å². The SMILES string of the molecule is c1cc(C2CC2)ccc1CN1CCCCC1C1CCCN1. The van der Waals surface area contributed by atoms with E-state index in [4.69, 9.17) is 0 Å². The van der Waals surface area contributed by atoms with E-state index in [9.17, 15) is 0 Å². The monoisotopic (exact) mass is 284 g/mol. The van der Waals surface area contributed by atoms with E-state index >= 15 is 0 Å². The van der Waals surface area contributed by atoms with Gasteiger partial charge in [-0.3, -0.25) is 4.90 Å². The summed E-state index contributed by atoms with van der Waals surface area (Å²) in [5, 5.41) is 3.73.